The van der Waals surface area contributed by atoms with Gasteiger partial charge in [-0.2, -0.15) is 0 Å². The number of thiazole rings is 1. The van der Waals surface area contributed by atoms with Crippen LogP contribution in [0.1, 0.15) is 30.6 Å². The topological polar surface area (TPSA) is 65.5 Å². The van der Waals surface area contributed by atoms with E-state index < -0.39 is 0 Å². The molecule has 0 spiro atoms. The molecule has 1 aromatic heterocycles. The Morgan fingerprint density at radius 1 is 1.47 bits per heavy atom. The maximum Gasteiger partial charge on any atom is 0.323 e. The van der Waals surface area contributed by atoms with E-state index in [9.17, 15) is 4.79 Å². The minimum Gasteiger partial charge on any atom is -0.395 e. The molecule has 0 aliphatic carbocycles. The fraction of sp³-hybridized carbons (Fsp3) is 0.538. The quantitative estimate of drug-likeness (QED) is 0.813. The molecule has 2 heterocycles. The summed E-state index contributed by atoms with van der Waals surface area (Å²) in [5.41, 5.74) is 0. The lowest BCUT2D eigenvalue weighted by atomic mass is 10.1. The Labute approximate surface area is 116 Å². The van der Waals surface area contributed by atoms with Gasteiger partial charge >= 0.3 is 6.03 Å². The first-order chi connectivity index (χ1) is 9.29. The molecule has 0 saturated carbocycles. The Bertz CT molecular complexity index is 484. The molecule has 1 aromatic rings. The smallest absolute Gasteiger partial charge is 0.323 e. The molecule has 102 valence electrons. The third-order valence-electron chi connectivity index (χ3n) is 2.81. The number of hydrogen-bond acceptors (Lipinski definition) is 4. The predicted molar refractivity (Wildman–Crippen MR) is 75.1 cm³/mol. The minimum atomic E-state index is -0.0797. The Morgan fingerprint density at radius 2 is 2.26 bits per heavy atom. The van der Waals surface area contributed by atoms with Gasteiger partial charge in [-0.15, -0.1) is 0 Å². The molecule has 0 atom stereocenters. The highest BCUT2D eigenvalue weighted by molar-refractivity contribution is 7.16. The fourth-order valence-electron chi connectivity index (χ4n) is 1.86. The average molecular weight is 279 g/mol. The van der Waals surface area contributed by atoms with Crippen LogP contribution < -0.4 is 5.32 Å². The Hall–Kier alpha value is -1.58. The SMILES string of the molecule is O=C(Nc1ncc(C#CCCO)s1)N1CCCCC1. The van der Waals surface area contributed by atoms with E-state index in [0.29, 0.717) is 11.6 Å². The van der Waals surface area contributed by atoms with E-state index in [2.05, 4.69) is 22.1 Å². The predicted octanol–water partition coefficient (Wildman–Crippen LogP) is 1.89. The summed E-state index contributed by atoms with van der Waals surface area (Å²) in [6.07, 6.45) is 5.44. The lowest BCUT2D eigenvalue weighted by molar-refractivity contribution is 0.200. The van der Waals surface area contributed by atoms with Gasteiger partial charge in [-0.05, 0) is 19.3 Å². The summed E-state index contributed by atoms with van der Waals surface area (Å²) in [6.45, 7) is 1.70. The molecule has 0 aromatic carbocycles. The van der Waals surface area contributed by atoms with Gasteiger partial charge in [-0.3, -0.25) is 5.32 Å². The standard InChI is InChI=1S/C13H17N3O2S/c17-9-5-2-6-11-10-14-12(19-11)15-13(18)16-7-3-1-4-8-16/h10,17H,1,3-5,7-9H2,(H,14,15,18). The van der Waals surface area contributed by atoms with Gasteiger partial charge in [0.25, 0.3) is 0 Å². The van der Waals surface area contributed by atoms with Crippen LogP contribution in [-0.4, -0.2) is 40.7 Å². The number of nitrogens with one attached hydrogen (secondary N) is 1. The van der Waals surface area contributed by atoms with Crippen molar-refractivity contribution in [3.8, 4) is 11.8 Å². The molecule has 1 saturated heterocycles. The van der Waals surface area contributed by atoms with E-state index in [1.807, 2.05) is 4.90 Å². The zero-order valence-electron chi connectivity index (χ0n) is 10.7. The number of aliphatic hydroxyl groups excluding tert-OH is 1. The number of carbonyl (C=O) groups is 1. The second-order valence-electron chi connectivity index (χ2n) is 4.28. The number of amides is 2. The normalized spacial score (nSPS) is 14.7. The molecule has 1 aliphatic heterocycles. The van der Waals surface area contributed by atoms with Crippen molar-refractivity contribution in [2.24, 2.45) is 0 Å². The van der Waals surface area contributed by atoms with Crippen LogP contribution in [0.25, 0.3) is 0 Å². The molecule has 0 radical (unpaired) electrons. The van der Waals surface area contributed by atoms with Crippen molar-refractivity contribution in [3.63, 3.8) is 0 Å². The van der Waals surface area contributed by atoms with Gasteiger partial charge < -0.3 is 10.0 Å². The molecule has 0 bridgehead atoms. The molecular weight excluding hydrogens is 262 g/mol. The van der Waals surface area contributed by atoms with Crippen molar-refractivity contribution < 1.29 is 9.90 Å². The van der Waals surface area contributed by atoms with Gasteiger partial charge in [0, 0.05) is 19.5 Å². The van der Waals surface area contributed by atoms with E-state index in [4.69, 9.17) is 5.11 Å². The second-order valence-corrected chi connectivity index (χ2v) is 5.31. The van der Waals surface area contributed by atoms with Gasteiger partial charge in [0.1, 0.15) is 0 Å². The maximum absolute atomic E-state index is 11.9. The van der Waals surface area contributed by atoms with Gasteiger partial charge in [0.05, 0.1) is 17.7 Å². The average Bonchev–Trinajstić information content (AvgIpc) is 2.88. The maximum atomic E-state index is 11.9. The lowest BCUT2D eigenvalue weighted by Crippen LogP contribution is -2.38. The van der Waals surface area contributed by atoms with Crippen molar-refractivity contribution in [3.05, 3.63) is 11.1 Å². The van der Waals surface area contributed by atoms with E-state index >= 15 is 0 Å². The number of aliphatic hydroxyl groups is 1. The first kappa shape index (κ1) is 13.8. The molecule has 2 rings (SSSR count). The molecule has 6 heteroatoms. The molecule has 19 heavy (non-hydrogen) atoms. The van der Waals surface area contributed by atoms with Crippen LogP contribution in [0, 0.1) is 11.8 Å². The molecule has 2 N–H and O–H groups in total. The van der Waals surface area contributed by atoms with Gasteiger partial charge in [-0.1, -0.05) is 23.2 Å². The molecule has 5 nitrogen and oxygen atoms in total. The number of anilines is 1. The summed E-state index contributed by atoms with van der Waals surface area (Å²) in [5, 5.41) is 12.0. The van der Waals surface area contributed by atoms with Gasteiger partial charge in [0.15, 0.2) is 5.13 Å². The zero-order valence-corrected chi connectivity index (χ0v) is 11.5. The van der Waals surface area contributed by atoms with Crippen LogP contribution in [0.3, 0.4) is 0 Å². The largest absolute Gasteiger partial charge is 0.395 e. The van der Waals surface area contributed by atoms with Crippen LogP contribution in [0.4, 0.5) is 9.93 Å². The number of hydrogen-bond donors (Lipinski definition) is 2. The number of nitrogens with zero attached hydrogens (tertiary/aromatic N) is 2. The van der Waals surface area contributed by atoms with E-state index in [1.54, 1.807) is 6.20 Å². The molecule has 0 unspecified atom stereocenters. The monoisotopic (exact) mass is 279 g/mol. The number of piperidine rings is 1. The fourth-order valence-corrected chi connectivity index (χ4v) is 2.54. The van der Waals surface area contributed by atoms with Crippen LogP contribution in [0.15, 0.2) is 6.20 Å². The van der Waals surface area contributed by atoms with E-state index in [1.165, 1.54) is 17.8 Å². The summed E-state index contributed by atoms with van der Waals surface area (Å²) >= 11 is 1.35. The molecule has 1 aliphatic rings. The number of aromatic nitrogens is 1. The Balaban J connectivity index is 1.89. The summed E-state index contributed by atoms with van der Waals surface area (Å²) in [6, 6.07) is -0.0797. The van der Waals surface area contributed by atoms with Crippen LogP contribution in [0.2, 0.25) is 0 Å². The molecular formula is C13H17N3O2S. The van der Waals surface area contributed by atoms with Crippen LogP contribution in [0.5, 0.6) is 0 Å². The van der Waals surface area contributed by atoms with E-state index in [-0.39, 0.29) is 12.6 Å². The first-order valence-electron chi connectivity index (χ1n) is 6.41. The number of carbonyl (C=O) groups excluding carboxylic acids is 1. The summed E-state index contributed by atoms with van der Waals surface area (Å²) in [5.74, 6) is 5.73. The summed E-state index contributed by atoms with van der Waals surface area (Å²) < 4.78 is 0. The van der Waals surface area contributed by atoms with Crippen LogP contribution >= 0.6 is 11.3 Å². The van der Waals surface area contributed by atoms with Crippen molar-refractivity contribution >= 4 is 22.5 Å². The third-order valence-corrected chi connectivity index (χ3v) is 3.64. The lowest BCUT2D eigenvalue weighted by Gasteiger charge is -2.26. The van der Waals surface area contributed by atoms with E-state index in [0.717, 1.165) is 30.8 Å². The number of rotatable bonds is 2. The van der Waals surface area contributed by atoms with Crippen LogP contribution in [-0.2, 0) is 0 Å². The first-order valence-corrected chi connectivity index (χ1v) is 7.23. The third kappa shape index (κ3) is 4.23. The van der Waals surface area contributed by atoms with Crippen molar-refractivity contribution in [2.75, 3.05) is 25.0 Å². The number of urea groups is 1. The van der Waals surface area contributed by atoms with Crippen molar-refractivity contribution in [2.45, 2.75) is 25.7 Å². The molecule has 1 fully saturated rings. The van der Waals surface area contributed by atoms with Gasteiger partial charge in [0.2, 0.25) is 0 Å². The highest BCUT2D eigenvalue weighted by atomic mass is 32.1. The van der Waals surface area contributed by atoms with Crippen molar-refractivity contribution in [1.82, 2.24) is 9.88 Å². The van der Waals surface area contributed by atoms with Crippen molar-refractivity contribution in [1.29, 1.82) is 0 Å². The number of likely N-dealkylation sites (tertiary alicyclic amines) is 1. The zero-order chi connectivity index (χ0) is 13.5. The Kier molecular flexibility index (Phi) is 5.19. The highest BCUT2D eigenvalue weighted by Gasteiger charge is 2.17. The summed E-state index contributed by atoms with van der Waals surface area (Å²) in [4.78, 5) is 18.7. The summed E-state index contributed by atoms with van der Waals surface area (Å²) in [7, 11) is 0. The van der Waals surface area contributed by atoms with Gasteiger partial charge in [-0.25, -0.2) is 9.78 Å². The Morgan fingerprint density at radius 3 is 3.00 bits per heavy atom. The molecule has 2 amide bonds. The minimum absolute atomic E-state index is 0.0599. The second kappa shape index (κ2) is 7.12. The highest BCUT2D eigenvalue weighted by Crippen LogP contribution is 2.18.